The highest BCUT2D eigenvalue weighted by molar-refractivity contribution is 9.10. The molecule has 24 heavy (non-hydrogen) atoms. The molecule has 0 unspecified atom stereocenters. The van der Waals surface area contributed by atoms with Crippen LogP contribution in [0.1, 0.15) is 0 Å². The number of rotatable bonds is 5. The molecule has 2 N–H and O–H groups in total. The van der Waals surface area contributed by atoms with Crippen LogP contribution in [0.5, 0.6) is 11.5 Å². The van der Waals surface area contributed by atoms with E-state index in [-0.39, 0.29) is 17.6 Å². The van der Waals surface area contributed by atoms with Crippen LogP contribution in [0, 0.1) is 0 Å². The number of anilines is 1. The van der Waals surface area contributed by atoms with Gasteiger partial charge in [0.25, 0.3) is 5.91 Å². The molecule has 2 aromatic rings. The topological polar surface area (TPSA) is 59.6 Å². The molecule has 0 bridgehead atoms. The summed E-state index contributed by atoms with van der Waals surface area (Å²) in [5, 5.41) is 5.67. The number of amides is 1. The number of benzene rings is 2. The summed E-state index contributed by atoms with van der Waals surface area (Å²) in [6, 6.07) is 12.6. The van der Waals surface area contributed by atoms with Crippen molar-refractivity contribution in [1.82, 2.24) is 5.32 Å². The largest absolute Gasteiger partial charge is 0.496 e. The van der Waals surface area contributed by atoms with Gasteiger partial charge in [-0.25, -0.2) is 0 Å². The van der Waals surface area contributed by atoms with Crippen LogP contribution in [0.2, 0.25) is 0 Å². The predicted molar refractivity (Wildman–Crippen MR) is 105 cm³/mol. The van der Waals surface area contributed by atoms with Gasteiger partial charge in [-0.1, -0.05) is 15.9 Å². The summed E-state index contributed by atoms with van der Waals surface area (Å²) in [7, 11) is 1.59. The van der Waals surface area contributed by atoms with E-state index in [1.165, 1.54) is 0 Å². The fourth-order valence-corrected chi connectivity index (χ4v) is 2.79. The maximum atomic E-state index is 11.8. The van der Waals surface area contributed by atoms with Crippen molar-refractivity contribution in [3.8, 4) is 11.5 Å². The summed E-state index contributed by atoms with van der Waals surface area (Å²) >= 11 is 11.8. The van der Waals surface area contributed by atoms with Gasteiger partial charge in [-0.05, 0) is 70.6 Å². The van der Waals surface area contributed by atoms with Gasteiger partial charge in [0.2, 0.25) is 0 Å². The summed E-state index contributed by atoms with van der Waals surface area (Å²) in [5.41, 5.74) is 0.724. The molecule has 0 heterocycles. The number of carbonyl (C=O) groups is 1. The number of thiocarbonyl (C=S) groups is 1. The van der Waals surface area contributed by atoms with Crippen molar-refractivity contribution in [3.05, 3.63) is 51.4 Å². The Bertz CT molecular complexity index is 739. The monoisotopic (exact) mass is 472 g/mol. The molecule has 0 saturated carbocycles. The Morgan fingerprint density at radius 1 is 1.17 bits per heavy atom. The Hall–Kier alpha value is -1.64. The molecule has 0 aliphatic carbocycles. The number of carbonyl (C=O) groups excluding carboxylic acids is 1. The van der Waals surface area contributed by atoms with Crippen LogP contribution in [0.15, 0.2) is 51.4 Å². The summed E-state index contributed by atoms with van der Waals surface area (Å²) in [6.45, 7) is -0.129. The van der Waals surface area contributed by atoms with Crippen LogP contribution in [0.25, 0.3) is 0 Å². The smallest absolute Gasteiger partial charge is 0.264 e. The molecule has 0 aliphatic heterocycles. The van der Waals surface area contributed by atoms with Crippen molar-refractivity contribution in [1.29, 1.82) is 0 Å². The third-order valence-electron chi connectivity index (χ3n) is 2.85. The summed E-state index contributed by atoms with van der Waals surface area (Å²) in [5.74, 6) is 0.965. The van der Waals surface area contributed by atoms with E-state index < -0.39 is 0 Å². The number of hydrogen-bond donors (Lipinski definition) is 2. The number of hydrogen-bond acceptors (Lipinski definition) is 4. The highest BCUT2D eigenvalue weighted by atomic mass is 79.9. The standard InChI is InChI=1S/C16H14Br2N2O3S/c1-22-14-7-4-11(8-13(14)18)19-16(24)20-15(21)9-23-12-5-2-10(17)3-6-12/h2-8H,9H2,1H3,(H2,19,20,21,24). The van der Waals surface area contributed by atoms with Gasteiger partial charge in [-0.15, -0.1) is 0 Å². The lowest BCUT2D eigenvalue weighted by atomic mass is 10.3. The first-order chi connectivity index (χ1) is 11.5. The molecule has 0 saturated heterocycles. The van der Waals surface area contributed by atoms with Crippen LogP contribution in [-0.4, -0.2) is 24.7 Å². The summed E-state index contributed by atoms with van der Waals surface area (Å²) < 4.78 is 12.3. The average Bonchev–Trinajstić information content (AvgIpc) is 2.54. The first-order valence-corrected chi connectivity index (χ1v) is 8.80. The molecule has 2 aromatic carbocycles. The third kappa shape index (κ3) is 5.77. The fraction of sp³-hybridized carbons (Fsp3) is 0.125. The number of halogens is 2. The van der Waals surface area contributed by atoms with Crippen LogP contribution in [-0.2, 0) is 4.79 Å². The van der Waals surface area contributed by atoms with Crippen molar-refractivity contribution in [2.45, 2.75) is 0 Å². The van der Waals surface area contributed by atoms with E-state index in [0.717, 1.165) is 14.6 Å². The molecule has 0 fully saturated rings. The highest BCUT2D eigenvalue weighted by Crippen LogP contribution is 2.27. The Morgan fingerprint density at radius 3 is 2.50 bits per heavy atom. The molecule has 0 spiro atoms. The van der Waals surface area contributed by atoms with Crippen molar-refractivity contribution in [3.63, 3.8) is 0 Å². The van der Waals surface area contributed by atoms with Crippen LogP contribution in [0.3, 0.4) is 0 Å². The van der Waals surface area contributed by atoms with Gasteiger partial charge in [0.05, 0.1) is 11.6 Å². The molecule has 5 nitrogen and oxygen atoms in total. The Kier molecular flexibility index (Phi) is 7.01. The zero-order chi connectivity index (χ0) is 17.5. The molecule has 0 atom stereocenters. The van der Waals surface area contributed by atoms with Crippen molar-refractivity contribution in [2.75, 3.05) is 19.0 Å². The Morgan fingerprint density at radius 2 is 1.88 bits per heavy atom. The van der Waals surface area contributed by atoms with Crippen LogP contribution < -0.4 is 20.1 Å². The van der Waals surface area contributed by atoms with Gasteiger partial charge in [0.1, 0.15) is 11.5 Å². The molecular weight excluding hydrogens is 460 g/mol. The Balaban J connectivity index is 1.82. The maximum absolute atomic E-state index is 11.8. The molecule has 0 radical (unpaired) electrons. The SMILES string of the molecule is COc1ccc(NC(=S)NC(=O)COc2ccc(Br)cc2)cc1Br. The molecule has 0 aromatic heterocycles. The van der Waals surface area contributed by atoms with Gasteiger partial charge >= 0.3 is 0 Å². The quantitative estimate of drug-likeness (QED) is 0.640. The number of ether oxygens (including phenoxy) is 2. The normalized spacial score (nSPS) is 9.96. The van der Waals surface area contributed by atoms with E-state index in [2.05, 4.69) is 42.5 Å². The molecule has 126 valence electrons. The van der Waals surface area contributed by atoms with Crippen molar-refractivity contribution >= 4 is 60.8 Å². The van der Waals surface area contributed by atoms with E-state index in [4.69, 9.17) is 21.7 Å². The van der Waals surface area contributed by atoms with Gasteiger partial charge in [0, 0.05) is 10.2 Å². The van der Waals surface area contributed by atoms with E-state index in [9.17, 15) is 4.79 Å². The van der Waals surface area contributed by atoms with Gasteiger partial charge in [-0.2, -0.15) is 0 Å². The lowest BCUT2D eigenvalue weighted by Crippen LogP contribution is -2.37. The van der Waals surface area contributed by atoms with E-state index >= 15 is 0 Å². The van der Waals surface area contributed by atoms with Crippen LogP contribution in [0.4, 0.5) is 5.69 Å². The zero-order valence-electron chi connectivity index (χ0n) is 12.6. The van der Waals surface area contributed by atoms with Gasteiger partial charge in [0.15, 0.2) is 11.7 Å². The predicted octanol–water partition coefficient (Wildman–Crippen LogP) is 4.11. The lowest BCUT2D eigenvalue weighted by Gasteiger charge is -2.11. The minimum Gasteiger partial charge on any atom is -0.496 e. The molecule has 8 heteroatoms. The van der Waals surface area contributed by atoms with Crippen molar-refractivity contribution in [2.24, 2.45) is 0 Å². The van der Waals surface area contributed by atoms with E-state index in [1.54, 1.807) is 37.4 Å². The first-order valence-electron chi connectivity index (χ1n) is 6.80. The second kappa shape index (κ2) is 9.00. The molecule has 2 rings (SSSR count). The number of nitrogens with one attached hydrogen (secondary N) is 2. The minimum absolute atomic E-state index is 0.129. The van der Waals surface area contributed by atoms with Gasteiger partial charge < -0.3 is 14.8 Å². The van der Waals surface area contributed by atoms with Crippen LogP contribution >= 0.6 is 44.1 Å². The Labute approximate surface area is 162 Å². The molecule has 0 aliphatic rings. The fourth-order valence-electron chi connectivity index (χ4n) is 1.75. The molecule has 1 amide bonds. The van der Waals surface area contributed by atoms with Gasteiger partial charge in [-0.3, -0.25) is 10.1 Å². The zero-order valence-corrected chi connectivity index (χ0v) is 16.6. The highest BCUT2D eigenvalue weighted by Gasteiger charge is 2.07. The first kappa shape index (κ1) is 18.7. The summed E-state index contributed by atoms with van der Waals surface area (Å²) in [6.07, 6.45) is 0. The van der Waals surface area contributed by atoms with E-state index in [0.29, 0.717) is 11.5 Å². The second-order valence-electron chi connectivity index (χ2n) is 4.59. The molecular formula is C16H14Br2N2O3S. The lowest BCUT2D eigenvalue weighted by molar-refractivity contribution is -0.121. The summed E-state index contributed by atoms with van der Waals surface area (Å²) in [4.78, 5) is 11.8. The van der Waals surface area contributed by atoms with Crippen molar-refractivity contribution < 1.29 is 14.3 Å². The number of methoxy groups -OCH3 is 1. The average molecular weight is 474 g/mol. The second-order valence-corrected chi connectivity index (χ2v) is 6.77. The minimum atomic E-state index is -0.344. The maximum Gasteiger partial charge on any atom is 0.264 e. The van der Waals surface area contributed by atoms with E-state index in [1.807, 2.05) is 12.1 Å². The third-order valence-corrected chi connectivity index (χ3v) is 4.20.